The number of carbonyl (C=O) groups excluding carboxylic acids is 1. The van der Waals surface area contributed by atoms with Crippen molar-refractivity contribution in [2.24, 2.45) is 5.41 Å². The number of hydrogen-bond donors (Lipinski definition) is 2. The van der Waals surface area contributed by atoms with Gasteiger partial charge in [-0.25, -0.2) is 13.1 Å². The Kier molecular flexibility index (Phi) is 6.81. The van der Waals surface area contributed by atoms with Crippen molar-refractivity contribution in [2.75, 3.05) is 6.54 Å². The van der Waals surface area contributed by atoms with Crippen molar-refractivity contribution in [1.82, 2.24) is 10.0 Å². The van der Waals surface area contributed by atoms with E-state index in [2.05, 4.69) is 30.8 Å². The molecule has 0 saturated carbocycles. The molecule has 1 aromatic rings. The number of nitrogens with one attached hydrogen (secondary N) is 2. The Morgan fingerprint density at radius 3 is 2.16 bits per heavy atom. The van der Waals surface area contributed by atoms with Gasteiger partial charge in [0.25, 0.3) is 0 Å². The highest BCUT2D eigenvalue weighted by molar-refractivity contribution is 7.89. The summed E-state index contributed by atoms with van der Waals surface area (Å²) in [4.78, 5) is 12.3. The summed E-state index contributed by atoms with van der Waals surface area (Å²) in [6, 6.07) is 5.01. The molecule has 0 fully saturated rings. The molecule has 0 atom stereocenters. The maximum atomic E-state index is 12.3. The molecule has 0 unspecified atom stereocenters. The summed E-state index contributed by atoms with van der Waals surface area (Å²) in [5.74, 6) is -0.156. The summed E-state index contributed by atoms with van der Waals surface area (Å²) in [5, 5.41) is 2.98. The standard InChI is InChI=1S/C19H32N2O3S/c1-14-8-9-16(12-15(14)2)25(23,24)20-11-10-17(22)21-19(6,7)13-18(3,4)5/h8-9,12,20H,10-11,13H2,1-7H3,(H,21,22). The Hall–Kier alpha value is -1.40. The van der Waals surface area contributed by atoms with E-state index in [0.717, 1.165) is 17.5 Å². The molecule has 1 aromatic carbocycles. The molecular formula is C19H32N2O3S. The highest BCUT2D eigenvalue weighted by Gasteiger charge is 2.27. The number of rotatable bonds is 7. The quantitative estimate of drug-likeness (QED) is 0.775. The minimum Gasteiger partial charge on any atom is -0.351 e. The zero-order valence-corrected chi connectivity index (χ0v) is 17.3. The Morgan fingerprint density at radius 2 is 1.64 bits per heavy atom. The third kappa shape index (κ3) is 7.57. The SMILES string of the molecule is Cc1ccc(S(=O)(=O)NCCC(=O)NC(C)(C)CC(C)(C)C)cc1C. The molecular weight excluding hydrogens is 336 g/mol. The molecule has 0 aliphatic heterocycles. The fourth-order valence-corrected chi connectivity index (χ4v) is 4.19. The lowest BCUT2D eigenvalue weighted by atomic mass is 9.82. The molecule has 0 radical (unpaired) electrons. The second-order valence-corrected chi connectivity index (χ2v) is 10.3. The molecule has 1 rings (SSSR count). The number of sulfonamides is 1. The van der Waals surface area contributed by atoms with Crippen LogP contribution in [0.3, 0.4) is 0 Å². The van der Waals surface area contributed by atoms with Crippen LogP contribution in [0.2, 0.25) is 0 Å². The molecule has 0 heterocycles. The molecule has 5 nitrogen and oxygen atoms in total. The minimum absolute atomic E-state index is 0.0761. The molecule has 142 valence electrons. The first kappa shape index (κ1) is 21.6. The molecule has 1 amide bonds. The summed E-state index contributed by atoms with van der Waals surface area (Å²) in [7, 11) is -3.60. The van der Waals surface area contributed by atoms with Crippen LogP contribution in [0.25, 0.3) is 0 Å². The zero-order valence-electron chi connectivity index (χ0n) is 16.5. The van der Waals surface area contributed by atoms with Gasteiger partial charge >= 0.3 is 0 Å². The Bertz CT molecular complexity index is 717. The van der Waals surface area contributed by atoms with E-state index in [-0.39, 0.29) is 34.7 Å². The van der Waals surface area contributed by atoms with Gasteiger partial charge in [0.2, 0.25) is 15.9 Å². The van der Waals surface area contributed by atoms with E-state index in [1.165, 1.54) is 0 Å². The van der Waals surface area contributed by atoms with Crippen molar-refractivity contribution >= 4 is 15.9 Å². The van der Waals surface area contributed by atoms with Crippen molar-refractivity contribution in [3.8, 4) is 0 Å². The molecule has 6 heteroatoms. The van der Waals surface area contributed by atoms with E-state index in [9.17, 15) is 13.2 Å². The minimum atomic E-state index is -3.60. The lowest BCUT2D eigenvalue weighted by molar-refractivity contribution is -0.122. The van der Waals surface area contributed by atoms with Crippen LogP contribution in [0.4, 0.5) is 0 Å². The van der Waals surface area contributed by atoms with E-state index in [1.54, 1.807) is 18.2 Å². The van der Waals surface area contributed by atoms with Crippen molar-refractivity contribution in [3.05, 3.63) is 29.3 Å². The van der Waals surface area contributed by atoms with E-state index in [0.29, 0.717) is 0 Å². The maximum Gasteiger partial charge on any atom is 0.240 e. The lowest BCUT2D eigenvalue weighted by Gasteiger charge is -2.33. The van der Waals surface area contributed by atoms with Gasteiger partial charge in [-0.3, -0.25) is 4.79 Å². The first-order valence-corrected chi connectivity index (χ1v) is 10.1. The van der Waals surface area contributed by atoms with E-state index in [1.807, 2.05) is 27.7 Å². The van der Waals surface area contributed by atoms with Crippen molar-refractivity contribution < 1.29 is 13.2 Å². The van der Waals surface area contributed by atoms with Crippen LogP contribution in [0.1, 0.15) is 58.6 Å². The molecule has 0 spiro atoms. The fraction of sp³-hybridized carbons (Fsp3) is 0.632. The summed E-state index contributed by atoms with van der Waals surface area (Å²) < 4.78 is 27.1. The van der Waals surface area contributed by atoms with Crippen molar-refractivity contribution in [3.63, 3.8) is 0 Å². The van der Waals surface area contributed by atoms with Crippen LogP contribution < -0.4 is 10.0 Å². The Balaban J connectivity index is 2.58. The number of benzene rings is 1. The molecule has 2 N–H and O–H groups in total. The van der Waals surface area contributed by atoms with E-state index < -0.39 is 10.0 Å². The van der Waals surface area contributed by atoms with Crippen LogP contribution in [-0.4, -0.2) is 26.4 Å². The van der Waals surface area contributed by atoms with Crippen LogP contribution in [0, 0.1) is 19.3 Å². The molecule has 25 heavy (non-hydrogen) atoms. The number of amides is 1. The van der Waals surface area contributed by atoms with Crippen LogP contribution >= 0.6 is 0 Å². The van der Waals surface area contributed by atoms with Gasteiger partial charge in [0.15, 0.2) is 0 Å². The average Bonchev–Trinajstić information content (AvgIpc) is 2.37. The second kappa shape index (κ2) is 7.87. The third-order valence-corrected chi connectivity index (χ3v) is 5.34. The van der Waals surface area contributed by atoms with Crippen molar-refractivity contribution in [1.29, 1.82) is 0 Å². The van der Waals surface area contributed by atoms with Gasteiger partial charge in [-0.15, -0.1) is 0 Å². The van der Waals surface area contributed by atoms with Gasteiger partial charge in [-0.1, -0.05) is 26.8 Å². The predicted molar refractivity (Wildman–Crippen MR) is 102 cm³/mol. The fourth-order valence-electron chi connectivity index (χ4n) is 3.07. The Morgan fingerprint density at radius 1 is 1.04 bits per heavy atom. The van der Waals surface area contributed by atoms with Crippen molar-refractivity contribution in [2.45, 2.75) is 71.7 Å². The van der Waals surface area contributed by atoms with Gasteiger partial charge < -0.3 is 5.32 Å². The summed E-state index contributed by atoms with van der Waals surface area (Å²) in [6.07, 6.45) is 0.942. The molecule has 0 aliphatic carbocycles. The summed E-state index contributed by atoms with van der Waals surface area (Å²) in [5.41, 5.74) is 1.73. The zero-order chi connectivity index (χ0) is 19.5. The number of carbonyl (C=O) groups is 1. The highest BCUT2D eigenvalue weighted by Crippen LogP contribution is 2.26. The van der Waals surface area contributed by atoms with E-state index >= 15 is 0 Å². The van der Waals surface area contributed by atoms with Crippen LogP contribution in [0.5, 0.6) is 0 Å². The summed E-state index contributed by atoms with van der Waals surface area (Å²) >= 11 is 0. The van der Waals surface area contributed by atoms with E-state index in [4.69, 9.17) is 0 Å². The predicted octanol–water partition coefficient (Wildman–Crippen LogP) is 3.30. The first-order valence-electron chi connectivity index (χ1n) is 8.60. The van der Waals surface area contributed by atoms with Gasteiger partial charge in [0.05, 0.1) is 4.90 Å². The largest absolute Gasteiger partial charge is 0.351 e. The third-order valence-electron chi connectivity index (χ3n) is 3.88. The number of aryl methyl sites for hydroxylation is 2. The van der Waals surface area contributed by atoms with Crippen LogP contribution in [-0.2, 0) is 14.8 Å². The molecule has 0 bridgehead atoms. The van der Waals surface area contributed by atoms with Gasteiger partial charge in [-0.2, -0.15) is 0 Å². The average molecular weight is 369 g/mol. The molecule has 0 saturated heterocycles. The van der Waals surface area contributed by atoms with Gasteiger partial charge in [-0.05, 0) is 62.8 Å². The molecule has 0 aromatic heterocycles. The van der Waals surface area contributed by atoms with Gasteiger partial charge in [0, 0.05) is 18.5 Å². The number of hydrogen-bond acceptors (Lipinski definition) is 3. The second-order valence-electron chi connectivity index (χ2n) is 8.56. The smallest absolute Gasteiger partial charge is 0.240 e. The van der Waals surface area contributed by atoms with Crippen LogP contribution in [0.15, 0.2) is 23.1 Å². The first-order chi connectivity index (χ1) is 11.2. The summed E-state index contributed by atoms with van der Waals surface area (Å²) in [6.45, 7) is 14.2. The monoisotopic (exact) mass is 368 g/mol. The lowest BCUT2D eigenvalue weighted by Crippen LogP contribution is -2.46. The highest BCUT2D eigenvalue weighted by atomic mass is 32.2. The van der Waals surface area contributed by atoms with Gasteiger partial charge in [0.1, 0.15) is 0 Å². The Labute approximate surface area is 152 Å². The molecule has 0 aliphatic rings. The topological polar surface area (TPSA) is 75.3 Å². The maximum absolute atomic E-state index is 12.3. The normalized spacial score (nSPS) is 12.9.